The lowest BCUT2D eigenvalue weighted by atomic mass is 10.1. The number of rotatable bonds is 7. The number of hydrogen-bond donors (Lipinski definition) is 0. The number of benzene rings is 1. The van der Waals surface area contributed by atoms with Crippen molar-refractivity contribution in [1.82, 2.24) is 0 Å². The van der Waals surface area contributed by atoms with E-state index in [4.69, 9.17) is 21.1 Å². The van der Waals surface area contributed by atoms with E-state index in [-0.39, 0.29) is 5.78 Å². The highest BCUT2D eigenvalue weighted by Crippen LogP contribution is 2.25. The first-order chi connectivity index (χ1) is 8.19. The molecule has 1 aromatic carbocycles. The van der Waals surface area contributed by atoms with Crippen molar-refractivity contribution in [3.63, 3.8) is 0 Å². The van der Waals surface area contributed by atoms with Gasteiger partial charge in [0.2, 0.25) is 0 Å². The van der Waals surface area contributed by atoms with Crippen LogP contribution >= 0.6 is 11.6 Å². The van der Waals surface area contributed by atoms with Crippen molar-refractivity contribution >= 4 is 17.4 Å². The van der Waals surface area contributed by atoms with Gasteiger partial charge in [0.1, 0.15) is 5.75 Å². The summed E-state index contributed by atoms with van der Waals surface area (Å²) in [6, 6.07) is 5.03. The van der Waals surface area contributed by atoms with Gasteiger partial charge in [-0.2, -0.15) is 0 Å². The molecule has 94 valence electrons. The highest BCUT2D eigenvalue weighted by Gasteiger charge is 2.09. The van der Waals surface area contributed by atoms with Crippen LogP contribution in [0.25, 0.3) is 0 Å². The molecule has 0 N–H and O–H groups in total. The molecule has 0 heterocycles. The minimum Gasteiger partial charge on any atom is -0.495 e. The van der Waals surface area contributed by atoms with Crippen molar-refractivity contribution in [3.05, 3.63) is 28.8 Å². The second kappa shape index (κ2) is 7.30. The Morgan fingerprint density at radius 1 is 1.35 bits per heavy atom. The first kappa shape index (κ1) is 14.0. The third-order valence-corrected chi connectivity index (χ3v) is 2.61. The van der Waals surface area contributed by atoms with Gasteiger partial charge in [0.15, 0.2) is 5.78 Å². The largest absolute Gasteiger partial charge is 0.495 e. The highest BCUT2D eigenvalue weighted by atomic mass is 35.5. The van der Waals surface area contributed by atoms with E-state index in [2.05, 4.69) is 0 Å². The van der Waals surface area contributed by atoms with Crippen LogP contribution in [0.2, 0.25) is 5.02 Å². The Balaban J connectivity index is 2.57. The molecule has 0 saturated heterocycles. The van der Waals surface area contributed by atoms with Crippen LogP contribution < -0.4 is 4.74 Å². The lowest BCUT2D eigenvalue weighted by Crippen LogP contribution is -2.05. The van der Waals surface area contributed by atoms with Crippen LogP contribution in [0.4, 0.5) is 0 Å². The number of Topliss-reactive ketones (excluding diaryl/α,β-unsaturated/α-hetero) is 1. The quantitative estimate of drug-likeness (QED) is 0.554. The van der Waals surface area contributed by atoms with Gasteiger partial charge in [0.25, 0.3) is 0 Å². The maximum Gasteiger partial charge on any atom is 0.165 e. The fraction of sp³-hybridized carbons (Fsp3) is 0.462. The Labute approximate surface area is 107 Å². The third kappa shape index (κ3) is 4.36. The zero-order chi connectivity index (χ0) is 12.7. The number of methoxy groups -OCH3 is 1. The number of carbonyl (C=O) groups is 1. The summed E-state index contributed by atoms with van der Waals surface area (Å²) < 4.78 is 10.3. The average Bonchev–Trinajstić information content (AvgIpc) is 2.35. The topological polar surface area (TPSA) is 35.5 Å². The zero-order valence-corrected chi connectivity index (χ0v) is 10.9. The molecule has 1 rings (SSSR count). The van der Waals surface area contributed by atoms with Crippen molar-refractivity contribution in [2.24, 2.45) is 0 Å². The molecule has 0 unspecified atom stereocenters. The Hall–Kier alpha value is -1.06. The molecular weight excluding hydrogens is 240 g/mol. The van der Waals surface area contributed by atoms with Crippen LogP contribution in [-0.2, 0) is 4.74 Å². The summed E-state index contributed by atoms with van der Waals surface area (Å²) in [7, 11) is 1.53. The lowest BCUT2D eigenvalue weighted by Gasteiger charge is -2.06. The van der Waals surface area contributed by atoms with E-state index in [9.17, 15) is 4.79 Å². The summed E-state index contributed by atoms with van der Waals surface area (Å²) in [5, 5.41) is 0.506. The molecule has 0 atom stereocenters. The molecule has 4 heteroatoms. The molecule has 0 aliphatic rings. The number of carbonyl (C=O) groups excluding carboxylic acids is 1. The van der Waals surface area contributed by atoms with Crippen LogP contribution in [0.5, 0.6) is 5.75 Å². The highest BCUT2D eigenvalue weighted by molar-refractivity contribution is 6.32. The fourth-order valence-corrected chi connectivity index (χ4v) is 1.58. The van der Waals surface area contributed by atoms with E-state index in [0.29, 0.717) is 36.0 Å². The first-order valence-corrected chi connectivity index (χ1v) is 6.01. The minimum absolute atomic E-state index is 0.0380. The van der Waals surface area contributed by atoms with Crippen molar-refractivity contribution < 1.29 is 14.3 Å². The molecule has 0 radical (unpaired) electrons. The van der Waals surface area contributed by atoms with E-state index in [1.807, 2.05) is 6.92 Å². The predicted molar refractivity (Wildman–Crippen MR) is 68.1 cm³/mol. The average molecular weight is 257 g/mol. The van der Waals surface area contributed by atoms with Crippen molar-refractivity contribution in [3.8, 4) is 5.75 Å². The number of halogens is 1. The normalized spacial score (nSPS) is 10.3. The molecule has 0 aromatic heterocycles. The molecule has 17 heavy (non-hydrogen) atoms. The number of hydrogen-bond acceptors (Lipinski definition) is 3. The van der Waals surface area contributed by atoms with E-state index >= 15 is 0 Å². The number of ketones is 1. The van der Waals surface area contributed by atoms with Crippen LogP contribution in [0, 0.1) is 0 Å². The Kier molecular flexibility index (Phi) is 6.01. The zero-order valence-electron chi connectivity index (χ0n) is 10.2. The Morgan fingerprint density at radius 2 is 2.12 bits per heavy atom. The van der Waals surface area contributed by atoms with Crippen LogP contribution in [0.3, 0.4) is 0 Å². The van der Waals surface area contributed by atoms with Crippen LogP contribution in [-0.4, -0.2) is 26.1 Å². The third-order valence-electron chi connectivity index (χ3n) is 2.30. The number of ether oxygens (including phenoxy) is 2. The lowest BCUT2D eigenvalue weighted by molar-refractivity contribution is 0.0878. The summed E-state index contributed by atoms with van der Waals surface area (Å²) in [6.45, 7) is 3.18. The fourth-order valence-electron chi connectivity index (χ4n) is 1.39. The molecule has 0 amide bonds. The van der Waals surface area contributed by atoms with Gasteiger partial charge in [0.05, 0.1) is 18.7 Å². The van der Waals surface area contributed by atoms with Crippen LogP contribution in [0.1, 0.15) is 30.1 Å². The van der Waals surface area contributed by atoms with Crippen molar-refractivity contribution in [2.75, 3.05) is 20.3 Å². The van der Waals surface area contributed by atoms with Gasteiger partial charge in [-0.25, -0.2) is 0 Å². The van der Waals surface area contributed by atoms with Gasteiger partial charge in [-0.15, -0.1) is 0 Å². The summed E-state index contributed by atoms with van der Waals surface area (Å²) in [5.74, 6) is 0.558. The maximum absolute atomic E-state index is 11.8. The SMILES string of the molecule is CCCOCCC(=O)c1ccc(Cl)c(OC)c1. The van der Waals surface area contributed by atoms with Gasteiger partial charge in [0, 0.05) is 18.6 Å². The molecule has 3 nitrogen and oxygen atoms in total. The Morgan fingerprint density at radius 3 is 2.76 bits per heavy atom. The summed E-state index contributed by atoms with van der Waals surface area (Å²) in [4.78, 5) is 11.8. The molecular formula is C13H17ClO3. The van der Waals surface area contributed by atoms with Gasteiger partial charge in [-0.05, 0) is 24.6 Å². The molecule has 0 spiro atoms. The molecule has 0 bridgehead atoms. The summed E-state index contributed by atoms with van der Waals surface area (Å²) in [6.07, 6.45) is 1.34. The van der Waals surface area contributed by atoms with Gasteiger partial charge < -0.3 is 9.47 Å². The second-order valence-corrected chi connectivity index (χ2v) is 4.04. The van der Waals surface area contributed by atoms with Gasteiger partial charge in [-0.3, -0.25) is 4.79 Å². The molecule has 0 saturated carbocycles. The monoisotopic (exact) mass is 256 g/mol. The molecule has 1 aromatic rings. The Bertz CT molecular complexity index is 377. The standard InChI is InChI=1S/C13H17ClO3/c1-3-7-17-8-6-12(15)10-4-5-11(14)13(9-10)16-2/h4-5,9H,3,6-8H2,1-2H3. The molecule has 0 aliphatic carbocycles. The van der Waals surface area contributed by atoms with E-state index in [0.717, 1.165) is 6.42 Å². The van der Waals surface area contributed by atoms with Crippen LogP contribution in [0.15, 0.2) is 18.2 Å². The first-order valence-electron chi connectivity index (χ1n) is 5.63. The van der Waals surface area contributed by atoms with Crippen molar-refractivity contribution in [2.45, 2.75) is 19.8 Å². The summed E-state index contributed by atoms with van der Waals surface area (Å²) in [5.41, 5.74) is 0.603. The smallest absolute Gasteiger partial charge is 0.165 e. The molecule has 0 aliphatic heterocycles. The maximum atomic E-state index is 11.8. The van der Waals surface area contributed by atoms with E-state index in [1.165, 1.54) is 7.11 Å². The summed E-state index contributed by atoms with van der Waals surface area (Å²) >= 11 is 5.89. The van der Waals surface area contributed by atoms with Crippen molar-refractivity contribution in [1.29, 1.82) is 0 Å². The van der Waals surface area contributed by atoms with E-state index in [1.54, 1.807) is 18.2 Å². The predicted octanol–water partition coefficient (Wildman–Crippen LogP) is 3.35. The van der Waals surface area contributed by atoms with Gasteiger partial charge in [-0.1, -0.05) is 18.5 Å². The second-order valence-electron chi connectivity index (χ2n) is 3.63. The van der Waals surface area contributed by atoms with E-state index < -0.39 is 0 Å². The minimum atomic E-state index is 0.0380. The van der Waals surface area contributed by atoms with Gasteiger partial charge >= 0.3 is 0 Å². The molecule has 0 fully saturated rings.